The van der Waals surface area contributed by atoms with Crippen molar-refractivity contribution in [2.45, 2.75) is 45.6 Å². The summed E-state index contributed by atoms with van der Waals surface area (Å²) >= 11 is 0. The zero-order valence-corrected chi connectivity index (χ0v) is 7.07. The van der Waals surface area contributed by atoms with Crippen molar-refractivity contribution in [3.05, 3.63) is 11.4 Å². The molecule has 0 spiro atoms. The van der Waals surface area contributed by atoms with Crippen LogP contribution in [0.5, 0.6) is 0 Å². The lowest BCUT2D eigenvalue weighted by atomic mass is 9.62. The maximum Gasteiger partial charge on any atom is 0.237 e. The first kappa shape index (κ1) is 7.60. The van der Waals surface area contributed by atoms with Crippen molar-refractivity contribution in [2.24, 2.45) is 5.41 Å². The molecule has 0 aromatic heterocycles. The molecule has 0 aromatic carbocycles. The Kier molecular flexibility index (Phi) is 1.51. The molecule has 1 saturated carbocycles. The molecule has 0 aliphatic heterocycles. The third kappa shape index (κ3) is 0.831. The third-order valence-corrected chi connectivity index (χ3v) is 2.79. The van der Waals surface area contributed by atoms with E-state index < -0.39 is 0 Å². The first-order valence-electron chi connectivity index (χ1n) is 3.90. The molecule has 0 unspecified atom stereocenters. The number of hydrogen-bond donors (Lipinski definition) is 0. The molecule has 0 atom stereocenters. The Bertz CT molecular complexity index is 164. The first-order valence-corrected chi connectivity index (χ1v) is 3.90. The summed E-state index contributed by atoms with van der Waals surface area (Å²) in [5.74, 6) is 0. The summed E-state index contributed by atoms with van der Waals surface area (Å²) < 4.78 is 0. The molecule has 1 aliphatic carbocycles. The molecule has 1 fully saturated rings. The van der Waals surface area contributed by atoms with E-state index in [1.54, 1.807) is 0 Å². The normalized spacial score (nSPS) is 23.0. The Morgan fingerprint density at radius 2 is 1.80 bits per heavy atom. The van der Waals surface area contributed by atoms with Crippen LogP contribution in [0, 0.1) is 12.0 Å². The maximum atomic E-state index is 7.09. The molecule has 1 nitrogen and oxygen atoms in total. The fraction of sp³-hybridized carbons (Fsp3) is 0.889. The lowest BCUT2D eigenvalue weighted by Crippen LogP contribution is -2.45. The molecule has 0 saturated heterocycles. The Morgan fingerprint density at radius 3 is 1.80 bits per heavy atom. The van der Waals surface area contributed by atoms with Gasteiger partial charge in [-0.15, -0.1) is 0 Å². The van der Waals surface area contributed by atoms with Crippen LogP contribution in [-0.4, -0.2) is 5.54 Å². The van der Waals surface area contributed by atoms with Gasteiger partial charge in [0, 0.05) is 18.3 Å². The lowest BCUT2D eigenvalue weighted by molar-refractivity contribution is 0.134. The fourth-order valence-electron chi connectivity index (χ4n) is 1.54. The molecule has 0 radical (unpaired) electrons. The van der Waals surface area contributed by atoms with E-state index in [0.29, 0.717) is 0 Å². The quantitative estimate of drug-likeness (QED) is 0.452. The van der Waals surface area contributed by atoms with Gasteiger partial charge >= 0.3 is 0 Å². The van der Waals surface area contributed by atoms with Crippen molar-refractivity contribution in [3.8, 4) is 0 Å². The predicted octanol–water partition coefficient (Wildman–Crippen LogP) is 2.87. The van der Waals surface area contributed by atoms with Crippen LogP contribution in [0.3, 0.4) is 0 Å². The molecule has 0 heterocycles. The second kappa shape index (κ2) is 1.99. The SMILES string of the molecule is [C-]#[N+]C1(C(C)(C)C)CCC1. The van der Waals surface area contributed by atoms with Crippen LogP contribution in [0.2, 0.25) is 0 Å². The van der Waals surface area contributed by atoms with Gasteiger partial charge < -0.3 is 4.85 Å². The molecular formula is C9H15N. The molecule has 10 heavy (non-hydrogen) atoms. The highest BCUT2D eigenvalue weighted by Gasteiger charge is 2.53. The van der Waals surface area contributed by atoms with Gasteiger partial charge in [0.25, 0.3) is 0 Å². The fourth-order valence-corrected chi connectivity index (χ4v) is 1.54. The summed E-state index contributed by atoms with van der Waals surface area (Å²) in [7, 11) is 0. The summed E-state index contributed by atoms with van der Waals surface area (Å²) in [6.07, 6.45) is 3.47. The molecule has 0 aromatic rings. The number of rotatable bonds is 0. The molecule has 1 aliphatic rings. The molecule has 1 heteroatoms. The average molecular weight is 137 g/mol. The van der Waals surface area contributed by atoms with E-state index in [0.717, 1.165) is 12.8 Å². The smallest absolute Gasteiger partial charge is 0.237 e. The molecule has 0 amide bonds. The van der Waals surface area contributed by atoms with E-state index in [-0.39, 0.29) is 11.0 Å². The molecule has 0 bridgehead atoms. The Morgan fingerprint density at radius 1 is 1.30 bits per heavy atom. The summed E-state index contributed by atoms with van der Waals surface area (Å²) in [4.78, 5) is 3.75. The monoisotopic (exact) mass is 137 g/mol. The molecule has 1 rings (SSSR count). The second-order valence-electron chi connectivity index (χ2n) is 4.25. The van der Waals surface area contributed by atoms with Gasteiger partial charge in [-0.2, -0.15) is 0 Å². The van der Waals surface area contributed by atoms with E-state index in [9.17, 15) is 0 Å². The van der Waals surface area contributed by atoms with Crippen molar-refractivity contribution >= 4 is 0 Å². The van der Waals surface area contributed by atoms with Gasteiger partial charge in [0.2, 0.25) is 5.54 Å². The van der Waals surface area contributed by atoms with E-state index in [2.05, 4.69) is 25.6 Å². The van der Waals surface area contributed by atoms with Gasteiger partial charge in [0.15, 0.2) is 0 Å². The number of hydrogen-bond acceptors (Lipinski definition) is 0. The van der Waals surface area contributed by atoms with Crippen molar-refractivity contribution in [1.29, 1.82) is 0 Å². The highest BCUT2D eigenvalue weighted by atomic mass is 14.9. The Labute approximate surface area is 63.3 Å². The highest BCUT2D eigenvalue weighted by molar-refractivity contribution is 5.11. The zero-order chi connectivity index (χ0) is 7.83. The van der Waals surface area contributed by atoms with Crippen LogP contribution in [0.1, 0.15) is 40.0 Å². The van der Waals surface area contributed by atoms with E-state index >= 15 is 0 Å². The van der Waals surface area contributed by atoms with Crippen LogP contribution in [0.25, 0.3) is 4.85 Å². The van der Waals surface area contributed by atoms with E-state index in [4.69, 9.17) is 6.57 Å². The summed E-state index contributed by atoms with van der Waals surface area (Å²) in [6.45, 7) is 13.6. The van der Waals surface area contributed by atoms with E-state index in [1.807, 2.05) is 0 Å². The van der Waals surface area contributed by atoms with E-state index in [1.165, 1.54) is 6.42 Å². The van der Waals surface area contributed by atoms with Crippen molar-refractivity contribution in [3.63, 3.8) is 0 Å². The highest BCUT2D eigenvalue weighted by Crippen LogP contribution is 2.48. The van der Waals surface area contributed by atoms with Gasteiger partial charge in [-0.05, 0) is 6.42 Å². The van der Waals surface area contributed by atoms with Gasteiger partial charge in [0.05, 0.1) is 0 Å². The summed E-state index contributed by atoms with van der Waals surface area (Å²) in [6, 6.07) is 0. The van der Waals surface area contributed by atoms with Crippen molar-refractivity contribution < 1.29 is 0 Å². The van der Waals surface area contributed by atoms with Crippen LogP contribution in [-0.2, 0) is 0 Å². The minimum Gasteiger partial charge on any atom is -0.310 e. The zero-order valence-electron chi connectivity index (χ0n) is 7.07. The standard InChI is InChI=1S/C9H15N/c1-8(2,3)9(10-4)6-5-7-9/h5-7H2,1-3H3. The molecule has 0 N–H and O–H groups in total. The summed E-state index contributed by atoms with van der Waals surface area (Å²) in [5, 5.41) is 0. The van der Waals surface area contributed by atoms with Crippen LogP contribution in [0.4, 0.5) is 0 Å². The Balaban J connectivity index is 2.77. The third-order valence-electron chi connectivity index (χ3n) is 2.79. The Hall–Kier alpha value is -0.510. The lowest BCUT2D eigenvalue weighted by Gasteiger charge is -2.40. The first-order chi connectivity index (χ1) is 4.52. The minimum absolute atomic E-state index is 0.00694. The molecular weight excluding hydrogens is 122 g/mol. The van der Waals surface area contributed by atoms with Gasteiger partial charge in [0.1, 0.15) is 0 Å². The summed E-state index contributed by atoms with van der Waals surface area (Å²) in [5.41, 5.74) is 0.181. The predicted molar refractivity (Wildman–Crippen MR) is 42.6 cm³/mol. The number of nitrogens with zero attached hydrogens (tertiary/aromatic N) is 1. The van der Waals surface area contributed by atoms with Gasteiger partial charge in [-0.25, -0.2) is 6.57 Å². The van der Waals surface area contributed by atoms with Crippen molar-refractivity contribution in [1.82, 2.24) is 0 Å². The van der Waals surface area contributed by atoms with Crippen LogP contribution < -0.4 is 0 Å². The second-order valence-corrected chi connectivity index (χ2v) is 4.25. The van der Waals surface area contributed by atoms with Gasteiger partial charge in [-0.1, -0.05) is 20.8 Å². The van der Waals surface area contributed by atoms with Crippen LogP contribution >= 0.6 is 0 Å². The topological polar surface area (TPSA) is 4.36 Å². The van der Waals surface area contributed by atoms with Crippen molar-refractivity contribution in [2.75, 3.05) is 0 Å². The minimum atomic E-state index is -0.00694. The maximum absolute atomic E-state index is 7.09. The largest absolute Gasteiger partial charge is 0.310 e. The van der Waals surface area contributed by atoms with Crippen LogP contribution in [0.15, 0.2) is 0 Å². The average Bonchev–Trinajstić information content (AvgIpc) is 1.58. The molecule has 56 valence electrons. The van der Waals surface area contributed by atoms with Gasteiger partial charge in [-0.3, -0.25) is 0 Å².